The van der Waals surface area contributed by atoms with E-state index in [4.69, 9.17) is 9.84 Å². The van der Waals surface area contributed by atoms with Crippen LogP contribution >= 0.6 is 0 Å². The molecule has 0 fully saturated rings. The third-order valence-electron chi connectivity index (χ3n) is 4.04. The molecule has 1 aliphatic heterocycles. The highest BCUT2D eigenvalue weighted by atomic mass is 16.5. The van der Waals surface area contributed by atoms with Gasteiger partial charge in [0.2, 0.25) is 5.88 Å². The van der Waals surface area contributed by atoms with Crippen molar-refractivity contribution in [3.05, 3.63) is 29.6 Å². The van der Waals surface area contributed by atoms with Crippen molar-refractivity contribution in [2.75, 3.05) is 0 Å². The second-order valence-corrected chi connectivity index (χ2v) is 6.05. The van der Waals surface area contributed by atoms with E-state index in [9.17, 15) is 0 Å². The first-order chi connectivity index (χ1) is 10.1. The average Bonchev–Trinajstić information content (AvgIpc) is 2.86. The lowest BCUT2D eigenvalue weighted by atomic mass is 9.99. The van der Waals surface area contributed by atoms with Gasteiger partial charge in [-0.1, -0.05) is 20.8 Å². The normalized spacial score (nSPS) is 17.7. The van der Waals surface area contributed by atoms with Crippen LogP contribution in [0.3, 0.4) is 0 Å². The molecular weight excluding hydrogens is 262 g/mol. The summed E-state index contributed by atoms with van der Waals surface area (Å²) in [6.45, 7) is 9.55. The Labute approximate surface area is 126 Å². The van der Waals surface area contributed by atoms with Crippen molar-refractivity contribution in [3.8, 4) is 17.1 Å². The second kappa shape index (κ2) is 5.51. The number of rotatable bonds is 3. The second-order valence-electron chi connectivity index (χ2n) is 6.05. The van der Waals surface area contributed by atoms with Crippen LogP contribution in [0.4, 0.5) is 0 Å². The Morgan fingerprint density at radius 3 is 2.81 bits per heavy atom. The van der Waals surface area contributed by atoms with E-state index >= 15 is 0 Å². The predicted octanol–water partition coefficient (Wildman–Crippen LogP) is 3.80. The molecule has 3 rings (SSSR count). The molecular formula is C17H23N3O. The Hall–Kier alpha value is -1.84. The van der Waals surface area contributed by atoms with Gasteiger partial charge in [0, 0.05) is 36.0 Å². The first-order valence-electron chi connectivity index (χ1n) is 7.82. The molecule has 1 atom stereocenters. The lowest BCUT2D eigenvalue weighted by Gasteiger charge is -2.23. The van der Waals surface area contributed by atoms with Crippen LogP contribution in [0.5, 0.6) is 5.88 Å². The summed E-state index contributed by atoms with van der Waals surface area (Å²) >= 11 is 0. The number of pyridine rings is 1. The van der Waals surface area contributed by atoms with E-state index in [1.165, 1.54) is 5.56 Å². The summed E-state index contributed by atoms with van der Waals surface area (Å²) in [5, 5.41) is 4.78. The maximum absolute atomic E-state index is 6.05. The van der Waals surface area contributed by atoms with Crippen molar-refractivity contribution in [2.45, 2.75) is 59.1 Å². The molecule has 0 saturated carbocycles. The minimum Gasteiger partial charge on any atom is -0.475 e. The molecule has 0 N–H and O–H groups in total. The molecule has 4 nitrogen and oxygen atoms in total. The molecule has 0 unspecified atom stereocenters. The first-order valence-corrected chi connectivity index (χ1v) is 7.82. The lowest BCUT2D eigenvalue weighted by Crippen LogP contribution is -2.23. The van der Waals surface area contributed by atoms with Crippen molar-refractivity contribution in [3.63, 3.8) is 0 Å². The Morgan fingerprint density at radius 2 is 2.19 bits per heavy atom. The molecule has 2 aromatic heterocycles. The Kier molecular flexibility index (Phi) is 3.70. The molecule has 21 heavy (non-hydrogen) atoms. The van der Waals surface area contributed by atoms with Crippen LogP contribution in [-0.4, -0.2) is 20.9 Å². The highest BCUT2D eigenvalue weighted by Crippen LogP contribution is 2.38. The van der Waals surface area contributed by atoms with Crippen LogP contribution < -0.4 is 4.74 Å². The van der Waals surface area contributed by atoms with E-state index in [0.29, 0.717) is 5.92 Å². The maximum Gasteiger partial charge on any atom is 0.216 e. The molecule has 0 amide bonds. The van der Waals surface area contributed by atoms with Gasteiger partial charge < -0.3 is 4.74 Å². The summed E-state index contributed by atoms with van der Waals surface area (Å²) in [4.78, 5) is 4.51. The van der Waals surface area contributed by atoms with Crippen LogP contribution in [-0.2, 0) is 13.0 Å². The fourth-order valence-electron chi connectivity index (χ4n) is 2.80. The molecule has 0 saturated heterocycles. The maximum atomic E-state index is 6.05. The molecule has 2 aromatic rings. The molecule has 0 spiro atoms. The standard InChI is InChI=1S/C17H23N3O/c1-5-14-7-6-13(10-18-14)16-15(11(2)3)17-20(19-16)9-8-12(4)21-17/h6-7,10-12H,5,8-9H2,1-4H3/t12-/m0/s1. The van der Waals surface area contributed by atoms with E-state index in [-0.39, 0.29) is 6.10 Å². The Balaban J connectivity index is 2.09. The van der Waals surface area contributed by atoms with Gasteiger partial charge in [-0.15, -0.1) is 0 Å². The van der Waals surface area contributed by atoms with E-state index < -0.39 is 0 Å². The van der Waals surface area contributed by atoms with Gasteiger partial charge in [-0.25, -0.2) is 4.68 Å². The number of ether oxygens (including phenoxy) is 1. The summed E-state index contributed by atoms with van der Waals surface area (Å²) in [5.41, 5.74) is 4.41. The summed E-state index contributed by atoms with van der Waals surface area (Å²) in [5.74, 6) is 1.32. The number of aromatic nitrogens is 3. The molecule has 4 heteroatoms. The number of fused-ring (bicyclic) bond motifs is 1. The molecule has 0 aliphatic carbocycles. The van der Waals surface area contributed by atoms with Crippen LogP contribution in [0.1, 0.15) is 51.3 Å². The molecule has 0 aromatic carbocycles. The van der Waals surface area contributed by atoms with Crippen LogP contribution in [0.25, 0.3) is 11.3 Å². The minimum absolute atomic E-state index is 0.264. The lowest BCUT2D eigenvalue weighted by molar-refractivity contribution is 0.147. The smallest absolute Gasteiger partial charge is 0.216 e. The topological polar surface area (TPSA) is 39.9 Å². The monoisotopic (exact) mass is 285 g/mol. The van der Waals surface area contributed by atoms with Gasteiger partial charge in [-0.3, -0.25) is 4.98 Å². The predicted molar refractivity (Wildman–Crippen MR) is 83.6 cm³/mol. The molecule has 112 valence electrons. The fourth-order valence-corrected chi connectivity index (χ4v) is 2.80. The van der Waals surface area contributed by atoms with Crippen molar-refractivity contribution < 1.29 is 4.74 Å². The summed E-state index contributed by atoms with van der Waals surface area (Å²) < 4.78 is 8.06. The van der Waals surface area contributed by atoms with Gasteiger partial charge in [-0.05, 0) is 31.4 Å². The van der Waals surface area contributed by atoms with Gasteiger partial charge in [0.05, 0.1) is 6.10 Å². The Morgan fingerprint density at radius 1 is 1.38 bits per heavy atom. The number of nitrogens with zero attached hydrogens (tertiary/aromatic N) is 3. The van der Waals surface area contributed by atoms with Gasteiger partial charge in [-0.2, -0.15) is 5.10 Å². The summed E-state index contributed by atoms with van der Waals surface area (Å²) in [6.07, 6.45) is 4.17. The number of aryl methyl sites for hydroxylation is 2. The number of hydrogen-bond acceptors (Lipinski definition) is 3. The Bertz CT molecular complexity index is 628. The third kappa shape index (κ3) is 2.55. The quantitative estimate of drug-likeness (QED) is 0.861. The van der Waals surface area contributed by atoms with Crippen molar-refractivity contribution >= 4 is 0 Å². The van der Waals surface area contributed by atoms with E-state index in [1.807, 2.05) is 10.9 Å². The van der Waals surface area contributed by atoms with E-state index in [0.717, 1.165) is 42.2 Å². The number of hydrogen-bond donors (Lipinski definition) is 0. The minimum atomic E-state index is 0.264. The first kappa shape index (κ1) is 14.1. The summed E-state index contributed by atoms with van der Waals surface area (Å²) in [6, 6.07) is 4.21. The van der Waals surface area contributed by atoms with Crippen molar-refractivity contribution in [2.24, 2.45) is 0 Å². The van der Waals surface area contributed by atoms with Crippen molar-refractivity contribution in [1.82, 2.24) is 14.8 Å². The SMILES string of the molecule is CCc1ccc(-c2nn3c(c2C(C)C)O[C@@H](C)CC3)cn1. The average molecular weight is 285 g/mol. The van der Waals surface area contributed by atoms with Crippen LogP contribution in [0.2, 0.25) is 0 Å². The van der Waals surface area contributed by atoms with Crippen LogP contribution in [0, 0.1) is 0 Å². The zero-order chi connectivity index (χ0) is 15.0. The molecule has 0 bridgehead atoms. The fraction of sp³-hybridized carbons (Fsp3) is 0.529. The highest BCUT2D eigenvalue weighted by Gasteiger charge is 2.27. The molecule has 3 heterocycles. The zero-order valence-corrected chi connectivity index (χ0v) is 13.3. The van der Waals surface area contributed by atoms with Crippen LogP contribution in [0.15, 0.2) is 18.3 Å². The zero-order valence-electron chi connectivity index (χ0n) is 13.3. The van der Waals surface area contributed by atoms with Gasteiger partial charge in [0.15, 0.2) is 0 Å². The third-order valence-corrected chi connectivity index (χ3v) is 4.04. The van der Waals surface area contributed by atoms with Crippen molar-refractivity contribution in [1.29, 1.82) is 0 Å². The van der Waals surface area contributed by atoms with E-state index in [2.05, 4.69) is 44.8 Å². The van der Waals surface area contributed by atoms with Gasteiger partial charge >= 0.3 is 0 Å². The summed E-state index contributed by atoms with van der Waals surface area (Å²) in [7, 11) is 0. The van der Waals surface area contributed by atoms with Gasteiger partial charge in [0.1, 0.15) is 5.69 Å². The van der Waals surface area contributed by atoms with E-state index in [1.54, 1.807) is 0 Å². The highest BCUT2D eigenvalue weighted by molar-refractivity contribution is 5.65. The molecule has 0 radical (unpaired) electrons. The largest absolute Gasteiger partial charge is 0.475 e. The molecule has 1 aliphatic rings. The van der Waals surface area contributed by atoms with Gasteiger partial charge in [0.25, 0.3) is 0 Å².